The van der Waals surface area contributed by atoms with Gasteiger partial charge in [0.1, 0.15) is 25.6 Å². The number of nitrogens with one attached hydrogen (secondary N) is 3. The van der Waals surface area contributed by atoms with Gasteiger partial charge in [-0.05, 0) is 61.7 Å². The molecule has 0 fully saturated rings. The lowest BCUT2D eigenvalue weighted by atomic mass is 10.1. The van der Waals surface area contributed by atoms with E-state index in [0.29, 0.717) is 28.7 Å². The Labute approximate surface area is 231 Å². The molecule has 40 heavy (non-hydrogen) atoms. The number of hydrogen-bond acceptors (Lipinski definition) is 5. The van der Waals surface area contributed by atoms with Gasteiger partial charge in [-0.2, -0.15) is 13.2 Å². The van der Waals surface area contributed by atoms with Crippen molar-refractivity contribution in [3.8, 4) is 17.6 Å². The largest absolute Gasteiger partial charge is 0.489 e. The van der Waals surface area contributed by atoms with Gasteiger partial charge in [0.2, 0.25) is 0 Å². The van der Waals surface area contributed by atoms with E-state index in [1.807, 2.05) is 6.07 Å². The van der Waals surface area contributed by atoms with E-state index >= 15 is 0 Å². The molecule has 1 amide bonds. The van der Waals surface area contributed by atoms with Crippen molar-refractivity contribution < 1.29 is 27.1 Å². The Morgan fingerprint density at radius 3 is 2.62 bits per heavy atom. The Bertz CT molecular complexity index is 1340. The first-order chi connectivity index (χ1) is 19.2. The van der Waals surface area contributed by atoms with E-state index in [-0.39, 0.29) is 36.5 Å². The molecule has 1 aromatic heterocycles. The lowest BCUT2D eigenvalue weighted by molar-refractivity contribution is -0.140. The van der Waals surface area contributed by atoms with Crippen molar-refractivity contribution in [2.24, 2.45) is 5.73 Å². The Morgan fingerprint density at radius 2 is 1.95 bits per heavy atom. The summed E-state index contributed by atoms with van der Waals surface area (Å²) in [6.45, 7) is 0.548. The van der Waals surface area contributed by atoms with Crippen molar-refractivity contribution in [1.82, 2.24) is 9.88 Å². The number of nitrogens with zero attached hydrogens (tertiary/aromatic N) is 1. The predicted octanol–water partition coefficient (Wildman–Crippen LogP) is 5.30. The molecule has 5 N–H and O–H groups in total. The number of carbonyl (C=O) groups is 1. The standard InChI is InChI=1S/C29H35F4N5O2/c1-3-6-21(12-14-34)37-24-8-4-9-26-23(24)18-22(38(26)19-29(31,32)33)7-5-15-36-25-11-10-20(28(39)35-2)17-27(25)40-16-13-30/h4,8-11,17-18,21,36-37H,3,6,12-16,19,34H2,1-2H3,(H,35,39). The van der Waals surface area contributed by atoms with Gasteiger partial charge in [0.15, 0.2) is 0 Å². The van der Waals surface area contributed by atoms with E-state index in [4.69, 9.17) is 10.5 Å². The first kappa shape index (κ1) is 30.6. The van der Waals surface area contributed by atoms with Crippen LogP contribution in [0.15, 0.2) is 42.5 Å². The monoisotopic (exact) mass is 561 g/mol. The molecule has 0 aliphatic heterocycles. The minimum absolute atomic E-state index is 0.0685. The van der Waals surface area contributed by atoms with E-state index in [0.717, 1.165) is 24.9 Å². The van der Waals surface area contributed by atoms with Crippen LogP contribution in [0.2, 0.25) is 0 Å². The highest BCUT2D eigenvalue weighted by Crippen LogP contribution is 2.31. The van der Waals surface area contributed by atoms with Gasteiger partial charge in [0.05, 0.1) is 23.4 Å². The van der Waals surface area contributed by atoms with Crippen molar-refractivity contribution in [2.75, 3.05) is 44.1 Å². The smallest absolute Gasteiger partial charge is 0.406 e. The molecule has 1 heterocycles. The number of rotatable bonds is 13. The number of carbonyl (C=O) groups excluding carboxylic acids is 1. The molecule has 216 valence electrons. The third-order valence-corrected chi connectivity index (χ3v) is 6.18. The van der Waals surface area contributed by atoms with Crippen LogP contribution in [0, 0.1) is 11.8 Å². The van der Waals surface area contributed by atoms with Crippen molar-refractivity contribution >= 4 is 28.2 Å². The SMILES string of the molecule is CCCC(CCN)Nc1cccc2c1cc(C#CCNc1ccc(C(=O)NC)cc1OCCF)n2CC(F)(F)F. The minimum atomic E-state index is -4.44. The van der Waals surface area contributed by atoms with E-state index < -0.39 is 19.4 Å². The van der Waals surface area contributed by atoms with Crippen molar-refractivity contribution in [3.63, 3.8) is 0 Å². The fraction of sp³-hybridized carbons (Fsp3) is 0.414. The summed E-state index contributed by atoms with van der Waals surface area (Å²) in [7, 11) is 1.49. The highest BCUT2D eigenvalue weighted by Gasteiger charge is 2.30. The van der Waals surface area contributed by atoms with Gasteiger partial charge >= 0.3 is 6.18 Å². The van der Waals surface area contributed by atoms with E-state index in [9.17, 15) is 22.4 Å². The fourth-order valence-electron chi connectivity index (χ4n) is 4.42. The molecular formula is C29H35F4N5O2. The minimum Gasteiger partial charge on any atom is -0.489 e. The van der Waals surface area contributed by atoms with Crippen LogP contribution >= 0.6 is 0 Å². The molecule has 1 atom stereocenters. The summed E-state index contributed by atoms with van der Waals surface area (Å²) >= 11 is 0. The van der Waals surface area contributed by atoms with Gasteiger partial charge in [-0.3, -0.25) is 4.79 Å². The average molecular weight is 562 g/mol. The molecule has 3 rings (SSSR count). The molecular weight excluding hydrogens is 526 g/mol. The van der Waals surface area contributed by atoms with Crippen LogP contribution in [0.25, 0.3) is 10.9 Å². The van der Waals surface area contributed by atoms with Gasteiger partial charge < -0.3 is 31.0 Å². The molecule has 0 saturated carbocycles. The second kappa shape index (κ2) is 14.5. The maximum Gasteiger partial charge on any atom is 0.406 e. The lowest BCUT2D eigenvalue weighted by Gasteiger charge is -2.19. The summed E-state index contributed by atoms with van der Waals surface area (Å²) in [5, 5.41) is 9.64. The molecule has 11 heteroatoms. The van der Waals surface area contributed by atoms with E-state index in [1.54, 1.807) is 30.3 Å². The molecule has 0 aliphatic rings. The van der Waals surface area contributed by atoms with Gasteiger partial charge in [-0.15, -0.1) is 0 Å². The molecule has 0 spiro atoms. The Balaban J connectivity index is 1.90. The number of nitrogens with two attached hydrogens (primary N) is 1. The molecule has 0 radical (unpaired) electrons. The molecule has 1 unspecified atom stereocenters. The molecule has 0 saturated heterocycles. The molecule has 3 aromatic rings. The number of halogens is 4. The zero-order valence-electron chi connectivity index (χ0n) is 22.6. The Kier molecular flexibility index (Phi) is 11.1. The highest BCUT2D eigenvalue weighted by atomic mass is 19.4. The zero-order chi connectivity index (χ0) is 29.1. The normalized spacial score (nSPS) is 12.0. The molecule has 0 aliphatic carbocycles. The maximum atomic E-state index is 13.5. The molecule has 7 nitrogen and oxygen atoms in total. The predicted molar refractivity (Wildman–Crippen MR) is 151 cm³/mol. The number of alkyl halides is 4. The second-order valence-electron chi connectivity index (χ2n) is 9.16. The summed E-state index contributed by atoms with van der Waals surface area (Å²) in [5.74, 6) is 5.68. The van der Waals surface area contributed by atoms with Crippen LogP contribution in [0.4, 0.5) is 28.9 Å². The third-order valence-electron chi connectivity index (χ3n) is 6.18. The maximum absolute atomic E-state index is 13.5. The topological polar surface area (TPSA) is 93.3 Å². The Morgan fingerprint density at radius 1 is 1.15 bits per heavy atom. The summed E-state index contributed by atoms with van der Waals surface area (Å²) in [5.41, 5.74) is 7.94. The highest BCUT2D eigenvalue weighted by molar-refractivity contribution is 5.95. The quantitative estimate of drug-likeness (QED) is 0.168. The van der Waals surface area contributed by atoms with Crippen LogP contribution in [-0.2, 0) is 6.54 Å². The average Bonchev–Trinajstić information content (AvgIpc) is 3.26. The Hall–Kier alpha value is -3.91. The molecule has 2 aromatic carbocycles. The second-order valence-corrected chi connectivity index (χ2v) is 9.16. The number of fused-ring (bicyclic) bond motifs is 1. The number of anilines is 2. The van der Waals surface area contributed by atoms with Gasteiger partial charge in [0.25, 0.3) is 5.91 Å². The van der Waals surface area contributed by atoms with Crippen molar-refractivity contribution in [2.45, 2.75) is 44.9 Å². The summed E-state index contributed by atoms with van der Waals surface area (Å²) < 4.78 is 59.9. The first-order valence-electron chi connectivity index (χ1n) is 13.1. The zero-order valence-corrected chi connectivity index (χ0v) is 22.6. The number of ether oxygens (including phenoxy) is 1. The lowest BCUT2D eigenvalue weighted by Crippen LogP contribution is -2.23. The van der Waals surface area contributed by atoms with Crippen molar-refractivity contribution in [3.05, 3.63) is 53.7 Å². The number of hydrogen-bond donors (Lipinski definition) is 4. The van der Waals surface area contributed by atoms with Gasteiger partial charge in [0, 0.05) is 29.7 Å². The molecule has 0 bridgehead atoms. The summed E-state index contributed by atoms with van der Waals surface area (Å²) in [4.78, 5) is 11.9. The summed E-state index contributed by atoms with van der Waals surface area (Å²) in [6.07, 6.45) is -1.87. The summed E-state index contributed by atoms with van der Waals surface area (Å²) in [6, 6.07) is 11.6. The van der Waals surface area contributed by atoms with Crippen LogP contribution in [0.1, 0.15) is 42.2 Å². The fourth-order valence-corrected chi connectivity index (χ4v) is 4.42. The van der Waals surface area contributed by atoms with Crippen LogP contribution in [0.5, 0.6) is 5.75 Å². The van der Waals surface area contributed by atoms with E-state index in [1.165, 1.54) is 17.7 Å². The van der Waals surface area contributed by atoms with E-state index in [2.05, 4.69) is 34.7 Å². The number of aromatic nitrogens is 1. The van der Waals surface area contributed by atoms with Gasteiger partial charge in [-0.1, -0.05) is 25.3 Å². The van der Waals surface area contributed by atoms with Crippen LogP contribution in [0.3, 0.4) is 0 Å². The van der Waals surface area contributed by atoms with Gasteiger partial charge in [-0.25, -0.2) is 4.39 Å². The third kappa shape index (κ3) is 8.29. The van der Waals surface area contributed by atoms with Crippen LogP contribution < -0.4 is 26.4 Å². The number of benzene rings is 2. The first-order valence-corrected chi connectivity index (χ1v) is 13.1. The van der Waals surface area contributed by atoms with Crippen LogP contribution in [-0.4, -0.2) is 56.1 Å². The van der Waals surface area contributed by atoms with Crippen molar-refractivity contribution in [1.29, 1.82) is 0 Å². The number of amides is 1.